The summed E-state index contributed by atoms with van der Waals surface area (Å²) < 4.78 is 41.1. The van der Waals surface area contributed by atoms with Gasteiger partial charge in [-0.25, -0.2) is 17.8 Å². The fourth-order valence-electron chi connectivity index (χ4n) is 5.53. The highest BCUT2D eigenvalue weighted by Crippen LogP contribution is 2.40. The van der Waals surface area contributed by atoms with E-state index >= 15 is 4.39 Å². The number of benzene rings is 1. The van der Waals surface area contributed by atoms with Crippen molar-refractivity contribution in [2.24, 2.45) is 5.92 Å². The number of hydrogen-bond donors (Lipinski definition) is 1. The minimum absolute atomic E-state index is 0.106. The van der Waals surface area contributed by atoms with Gasteiger partial charge in [-0.3, -0.25) is 9.67 Å². The fraction of sp³-hybridized carbons (Fsp3) is 0.414. The monoisotopic (exact) mass is 548 g/mol. The Kier molecular flexibility index (Phi) is 6.32. The van der Waals surface area contributed by atoms with Crippen LogP contribution in [0.1, 0.15) is 51.1 Å². The highest BCUT2D eigenvalue weighted by molar-refractivity contribution is 7.90. The molecule has 4 heterocycles. The first-order valence-corrected chi connectivity index (χ1v) is 15.5. The van der Waals surface area contributed by atoms with Crippen molar-refractivity contribution < 1.29 is 12.8 Å². The second-order valence-corrected chi connectivity index (χ2v) is 13.5. The highest BCUT2D eigenvalue weighted by atomic mass is 32.2. The van der Waals surface area contributed by atoms with Gasteiger partial charge in [-0.15, -0.1) is 0 Å². The van der Waals surface area contributed by atoms with Gasteiger partial charge in [0, 0.05) is 60.0 Å². The summed E-state index contributed by atoms with van der Waals surface area (Å²) in [6, 6.07) is 8.34. The van der Waals surface area contributed by atoms with Crippen molar-refractivity contribution in [3.63, 3.8) is 0 Å². The van der Waals surface area contributed by atoms with E-state index in [0.717, 1.165) is 29.3 Å². The molecule has 1 saturated heterocycles. The van der Waals surface area contributed by atoms with E-state index in [0.29, 0.717) is 29.7 Å². The van der Waals surface area contributed by atoms with Crippen LogP contribution in [0.2, 0.25) is 0 Å². The Balaban J connectivity index is 1.31. The number of fused-ring (bicyclic) bond motifs is 1. The first-order chi connectivity index (χ1) is 18.6. The lowest BCUT2D eigenvalue weighted by Gasteiger charge is -2.48. The van der Waals surface area contributed by atoms with E-state index in [4.69, 9.17) is 0 Å². The van der Waals surface area contributed by atoms with Crippen LogP contribution in [-0.2, 0) is 9.84 Å². The molecule has 0 bridgehead atoms. The zero-order chi connectivity index (χ0) is 27.5. The number of rotatable bonds is 8. The quantitative estimate of drug-likeness (QED) is 0.302. The number of aromatic nitrogens is 4. The second-order valence-electron chi connectivity index (χ2n) is 11.3. The standard InChI is InChI=1S/C29H33FN6O2S/c1-17(2)22-7-8-26(35-14-20(18(35)3)16-39(4,37)38)24-13-32-27(11-23(22)24)34-25-9-10-31-29(28(25)30)19-12-33-36(15-19)21-5-6-21/h7-13,15,17-18,20-21H,5-6,14,16H2,1-4H3,(H,31,32,34)/t18-,20-/m1/s1. The summed E-state index contributed by atoms with van der Waals surface area (Å²) in [5.41, 5.74) is 3.42. The maximum Gasteiger partial charge on any atom is 0.173 e. The lowest BCUT2D eigenvalue weighted by molar-refractivity contribution is 0.342. The molecule has 1 aliphatic carbocycles. The first-order valence-electron chi connectivity index (χ1n) is 13.4. The zero-order valence-electron chi connectivity index (χ0n) is 22.6. The van der Waals surface area contributed by atoms with E-state index in [1.54, 1.807) is 18.5 Å². The predicted molar refractivity (Wildman–Crippen MR) is 153 cm³/mol. The fourth-order valence-corrected chi connectivity index (χ4v) is 6.70. The SMILES string of the molecule is CC(C)c1ccc(N2C[C@H](CS(C)(=O)=O)[C@H]2C)c2cnc(Nc3ccnc(-c4cnn(C5CC5)c4)c3F)cc12. The summed E-state index contributed by atoms with van der Waals surface area (Å²) in [6.45, 7) is 7.05. The van der Waals surface area contributed by atoms with Crippen LogP contribution >= 0.6 is 0 Å². The second kappa shape index (κ2) is 9.59. The predicted octanol–water partition coefficient (Wildman–Crippen LogP) is 5.70. The summed E-state index contributed by atoms with van der Waals surface area (Å²) in [7, 11) is -3.03. The first kappa shape index (κ1) is 25.7. The topological polar surface area (TPSA) is 93.0 Å². The van der Waals surface area contributed by atoms with Gasteiger partial charge >= 0.3 is 0 Å². The van der Waals surface area contributed by atoms with Crippen LogP contribution in [-0.4, -0.2) is 52.8 Å². The van der Waals surface area contributed by atoms with Crippen molar-refractivity contribution in [2.45, 2.75) is 51.6 Å². The molecule has 4 aromatic rings. The molecule has 3 aromatic heterocycles. The van der Waals surface area contributed by atoms with Gasteiger partial charge in [-0.05, 0) is 54.8 Å². The van der Waals surface area contributed by atoms with Crippen molar-refractivity contribution in [3.8, 4) is 11.3 Å². The summed E-state index contributed by atoms with van der Waals surface area (Å²) in [4.78, 5) is 11.2. The van der Waals surface area contributed by atoms with E-state index in [2.05, 4.69) is 58.2 Å². The van der Waals surface area contributed by atoms with Crippen LogP contribution in [0.4, 0.5) is 21.6 Å². The molecule has 0 radical (unpaired) electrons. The Morgan fingerprint density at radius 2 is 1.92 bits per heavy atom. The normalized spacial score (nSPS) is 19.5. The van der Waals surface area contributed by atoms with E-state index in [-0.39, 0.29) is 29.3 Å². The molecule has 39 heavy (non-hydrogen) atoms. The Hall–Kier alpha value is -3.53. The molecule has 2 atom stereocenters. The molecular formula is C29H33FN6O2S. The van der Waals surface area contributed by atoms with Crippen LogP contribution in [0, 0.1) is 11.7 Å². The third-order valence-corrected chi connectivity index (χ3v) is 8.95. The minimum Gasteiger partial charge on any atom is -0.368 e. The van der Waals surface area contributed by atoms with Crippen molar-refractivity contribution in [3.05, 3.63) is 60.4 Å². The molecule has 1 N–H and O–H groups in total. The van der Waals surface area contributed by atoms with Gasteiger partial charge in [0.2, 0.25) is 0 Å². The molecule has 1 aliphatic heterocycles. The number of anilines is 3. The van der Waals surface area contributed by atoms with E-state index in [1.807, 2.05) is 23.1 Å². The smallest absolute Gasteiger partial charge is 0.173 e. The lowest BCUT2D eigenvalue weighted by Crippen LogP contribution is -2.57. The summed E-state index contributed by atoms with van der Waals surface area (Å²) in [5, 5.41) is 9.58. The zero-order valence-corrected chi connectivity index (χ0v) is 23.4. The Bertz CT molecular complexity index is 1660. The molecule has 0 spiro atoms. The minimum atomic E-state index is -3.03. The number of halogens is 1. The average Bonchev–Trinajstić information content (AvgIpc) is 3.63. The van der Waals surface area contributed by atoms with Crippen LogP contribution < -0.4 is 10.2 Å². The van der Waals surface area contributed by atoms with Gasteiger partial charge < -0.3 is 10.2 Å². The molecule has 2 fully saturated rings. The molecule has 0 unspecified atom stereocenters. The van der Waals surface area contributed by atoms with Crippen molar-refractivity contribution in [2.75, 3.05) is 28.8 Å². The molecule has 10 heteroatoms. The van der Waals surface area contributed by atoms with Crippen molar-refractivity contribution >= 4 is 37.8 Å². The molecule has 1 saturated carbocycles. The van der Waals surface area contributed by atoms with Gasteiger partial charge in [0.1, 0.15) is 21.3 Å². The molecule has 1 aromatic carbocycles. The van der Waals surface area contributed by atoms with Crippen molar-refractivity contribution in [1.29, 1.82) is 0 Å². The van der Waals surface area contributed by atoms with Gasteiger partial charge in [0.05, 0.1) is 23.7 Å². The maximum absolute atomic E-state index is 15.6. The van der Waals surface area contributed by atoms with E-state index in [9.17, 15) is 8.42 Å². The third kappa shape index (κ3) is 4.97. The molecule has 2 aliphatic rings. The maximum atomic E-state index is 15.6. The van der Waals surface area contributed by atoms with Gasteiger partial charge in [-0.2, -0.15) is 5.10 Å². The van der Waals surface area contributed by atoms with Crippen LogP contribution in [0.15, 0.2) is 49.1 Å². The summed E-state index contributed by atoms with van der Waals surface area (Å²) in [6.07, 6.45) is 10.4. The van der Waals surface area contributed by atoms with Gasteiger partial charge in [0.15, 0.2) is 5.82 Å². The van der Waals surface area contributed by atoms with Crippen molar-refractivity contribution in [1.82, 2.24) is 19.7 Å². The number of pyridine rings is 2. The lowest BCUT2D eigenvalue weighted by atomic mass is 9.88. The Morgan fingerprint density at radius 3 is 2.62 bits per heavy atom. The number of sulfone groups is 1. The third-order valence-electron chi connectivity index (χ3n) is 7.91. The molecular weight excluding hydrogens is 515 g/mol. The molecule has 204 valence electrons. The largest absolute Gasteiger partial charge is 0.368 e. The van der Waals surface area contributed by atoms with Gasteiger partial charge in [-0.1, -0.05) is 19.9 Å². The molecule has 8 nitrogen and oxygen atoms in total. The Labute approximate surface area is 228 Å². The summed E-state index contributed by atoms with van der Waals surface area (Å²) in [5.74, 6) is 0.668. The van der Waals surface area contributed by atoms with E-state index < -0.39 is 15.7 Å². The number of nitrogens with zero attached hydrogens (tertiary/aromatic N) is 5. The van der Waals surface area contributed by atoms with E-state index in [1.165, 1.54) is 11.8 Å². The van der Waals surface area contributed by atoms with Crippen LogP contribution in [0.25, 0.3) is 22.0 Å². The van der Waals surface area contributed by atoms with Crippen LogP contribution in [0.5, 0.6) is 0 Å². The number of hydrogen-bond acceptors (Lipinski definition) is 7. The highest BCUT2D eigenvalue weighted by Gasteiger charge is 2.38. The Morgan fingerprint density at radius 1 is 1.13 bits per heavy atom. The molecule has 6 rings (SSSR count). The average molecular weight is 549 g/mol. The van der Waals surface area contributed by atoms with Gasteiger partial charge in [0.25, 0.3) is 0 Å². The molecule has 0 amide bonds. The number of nitrogens with one attached hydrogen (secondary N) is 1. The van der Waals surface area contributed by atoms with Crippen LogP contribution in [0.3, 0.4) is 0 Å². The summed E-state index contributed by atoms with van der Waals surface area (Å²) >= 11 is 0.